The minimum Gasteiger partial charge on any atom is -0.310 e. The van der Waals surface area contributed by atoms with Gasteiger partial charge < -0.3 is 4.90 Å². The molecule has 0 radical (unpaired) electrons. The van der Waals surface area contributed by atoms with Crippen LogP contribution in [0.1, 0.15) is 23.6 Å². The summed E-state index contributed by atoms with van der Waals surface area (Å²) in [6.07, 6.45) is 0. The lowest BCUT2D eigenvalue weighted by Crippen LogP contribution is -2.25. The number of hydrogen-bond donors (Lipinski definition) is 0. The number of nitrogens with zero attached hydrogens (tertiary/aromatic N) is 1. The molecule has 0 fully saturated rings. The highest BCUT2D eigenvalue weighted by Crippen LogP contribution is 2.58. The first kappa shape index (κ1) is 38.4. The molecular weight excluding hydrogens is 783 g/mol. The Morgan fingerprint density at radius 2 is 0.785 bits per heavy atom. The third-order valence-electron chi connectivity index (χ3n) is 13.7. The standard InChI is InChI=1S/C64H45N/c1-64(49-27-12-5-13-28-49)58-34-18-16-31-54(58)56-33-20-36-60(63(56)64)65(50-40-37-45(38-41-50)44-21-6-2-7-22-44)59-35-19-17-29-51(59)48-39-42-53-52-30-14-15-32-55(52)61(46-23-8-3-9-24-46)62(57(53)43-48)47-25-10-4-11-26-47/h2-43H,1H3. The van der Waals surface area contributed by atoms with Crippen molar-refractivity contribution in [2.24, 2.45) is 0 Å². The molecule has 0 bridgehead atoms. The number of benzene rings is 11. The minimum absolute atomic E-state index is 0.413. The van der Waals surface area contributed by atoms with E-state index in [0.717, 1.165) is 28.2 Å². The summed E-state index contributed by atoms with van der Waals surface area (Å²) in [5.41, 5.74) is 19.0. The van der Waals surface area contributed by atoms with Crippen molar-refractivity contribution in [3.05, 3.63) is 271 Å². The second-order valence-corrected chi connectivity index (χ2v) is 17.3. The van der Waals surface area contributed by atoms with E-state index in [-0.39, 0.29) is 0 Å². The summed E-state index contributed by atoms with van der Waals surface area (Å²) in [5, 5.41) is 4.97. The van der Waals surface area contributed by atoms with Crippen molar-refractivity contribution < 1.29 is 0 Å². The van der Waals surface area contributed by atoms with Crippen molar-refractivity contribution in [3.8, 4) is 55.6 Å². The molecule has 0 saturated carbocycles. The zero-order valence-electron chi connectivity index (χ0n) is 36.2. The van der Waals surface area contributed by atoms with Crippen LogP contribution in [0.5, 0.6) is 0 Å². The van der Waals surface area contributed by atoms with Gasteiger partial charge in [0.15, 0.2) is 0 Å². The molecule has 0 amide bonds. The summed E-state index contributed by atoms with van der Waals surface area (Å²) in [6.45, 7) is 2.42. The zero-order valence-corrected chi connectivity index (χ0v) is 36.2. The van der Waals surface area contributed by atoms with Crippen LogP contribution in [0.2, 0.25) is 0 Å². The lowest BCUT2D eigenvalue weighted by Gasteiger charge is -2.35. The molecule has 1 aliphatic carbocycles. The molecule has 0 aromatic heterocycles. The highest BCUT2D eigenvalue weighted by molar-refractivity contribution is 6.22. The molecule has 1 nitrogen and oxygen atoms in total. The first-order chi connectivity index (χ1) is 32.2. The Balaban J connectivity index is 1.13. The molecule has 11 aromatic carbocycles. The third kappa shape index (κ3) is 6.31. The summed E-state index contributed by atoms with van der Waals surface area (Å²) >= 11 is 0. The van der Waals surface area contributed by atoms with E-state index >= 15 is 0 Å². The molecule has 1 atom stereocenters. The number of para-hydroxylation sites is 1. The average Bonchev–Trinajstić information content (AvgIpc) is 3.66. The van der Waals surface area contributed by atoms with E-state index in [4.69, 9.17) is 0 Å². The van der Waals surface area contributed by atoms with Gasteiger partial charge in [-0.05, 0) is 126 Å². The predicted octanol–water partition coefficient (Wildman–Crippen LogP) is 17.5. The smallest absolute Gasteiger partial charge is 0.0540 e. The van der Waals surface area contributed by atoms with Gasteiger partial charge in [0.2, 0.25) is 0 Å². The molecule has 0 N–H and O–H groups in total. The maximum atomic E-state index is 2.52. The zero-order chi connectivity index (χ0) is 43.3. The van der Waals surface area contributed by atoms with Crippen LogP contribution in [0.15, 0.2) is 255 Å². The molecule has 0 heterocycles. The lowest BCUT2D eigenvalue weighted by molar-refractivity contribution is 0.714. The Kier molecular flexibility index (Phi) is 9.35. The number of rotatable bonds is 8. The minimum atomic E-state index is -0.413. The second kappa shape index (κ2) is 15.8. The van der Waals surface area contributed by atoms with Crippen LogP contribution in [-0.4, -0.2) is 0 Å². The van der Waals surface area contributed by atoms with Crippen LogP contribution in [0.25, 0.3) is 77.2 Å². The summed E-state index contributed by atoms with van der Waals surface area (Å²) in [5.74, 6) is 0. The maximum absolute atomic E-state index is 2.52. The molecular formula is C64H45N. The van der Waals surface area contributed by atoms with Crippen LogP contribution in [0.4, 0.5) is 17.1 Å². The molecule has 0 spiro atoms. The van der Waals surface area contributed by atoms with E-state index in [1.807, 2.05) is 0 Å². The number of fused-ring (bicyclic) bond motifs is 6. The first-order valence-electron chi connectivity index (χ1n) is 22.6. The highest BCUT2D eigenvalue weighted by Gasteiger charge is 2.43. The molecule has 12 rings (SSSR count). The summed E-state index contributed by atoms with van der Waals surface area (Å²) in [7, 11) is 0. The van der Waals surface area contributed by atoms with E-state index in [2.05, 4.69) is 267 Å². The molecule has 0 aliphatic heterocycles. The van der Waals surface area contributed by atoms with Crippen LogP contribution in [-0.2, 0) is 5.41 Å². The van der Waals surface area contributed by atoms with Gasteiger partial charge in [0.1, 0.15) is 0 Å². The first-order valence-corrected chi connectivity index (χ1v) is 22.6. The third-order valence-corrected chi connectivity index (χ3v) is 13.7. The quantitative estimate of drug-likeness (QED) is 0.138. The summed E-state index contributed by atoms with van der Waals surface area (Å²) in [6, 6.07) is 93.6. The average molecular weight is 828 g/mol. The molecule has 1 heteroatoms. The van der Waals surface area contributed by atoms with Crippen molar-refractivity contribution >= 4 is 38.6 Å². The molecule has 1 aliphatic rings. The molecule has 11 aromatic rings. The van der Waals surface area contributed by atoms with Crippen molar-refractivity contribution in [2.75, 3.05) is 4.90 Å². The number of hydrogen-bond acceptors (Lipinski definition) is 1. The van der Waals surface area contributed by atoms with Gasteiger partial charge in [-0.25, -0.2) is 0 Å². The molecule has 0 saturated heterocycles. The van der Waals surface area contributed by atoms with Gasteiger partial charge in [0.05, 0.1) is 11.4 Å². The van der Waals surface area contributed by atoms with Crippen LogP contribution in [0.3, 0.4) is 0 Å². The van der Waals surface area contributed by atoms with Gasteiger partial charge in [-0.1, -0.05) is 224 Å². The van der Waals surface area contributed by atoms with Gasteiger partial charge in [0, 0.05) is 16.7 Å². The van der Waals surface area contributed by atoms with E-state index < -0.39 is 5.41 Å². The normalized spacial score (nSPS) is 14.0. The van der Waals surface area contributed by atoms with E-state index in [9.17, 15) is 0 Å². The van der Waals surface area contributed by atoms with Gasteiger partial charge >= 0.3 is 0 Å². The second-order valence-electron chi connectivity index (χ2n) is 17.3. The van der Waals surface area contributed by atoms with E-state index in [0.29, 0.717) is 0 Å². The fourth-order valence-electron chi connectivity index (χ4n) is 10.8. The SMILES string of the molecule is CC1(c2ccccc2)c2ccccc2-c2cccc(N(c3ccc(-c4ccccc4)cc3)c3ccccc3-c3ccc4c(c3)c(-c3ccccc3)c(-c3ccccc3)c3ccccc34)c21. The number of anilines is 3. The van der Waals surface area contributed by atoms with Gasteiger partial charge in [0.25, 0.3) is 0 Å². The van der Waals surface area contributed by atoms with Crippen molar-refractivity contribution in [1.82, 2.24) is 0 Å². The Bertz CT molecular complexity index is 3520. The van der Waals surface area contributed by atoms with Gasteiger partial charge in [-0.2, -0.15) is 0 Å². The monoisotopic (exact) mass is 827 g/mol. The van der Waals surface area contributed by atoms with Crippen molar-refractivity contribution in [3.63, 3.8) is 0 Å². The van der Waals surface area contributed by atoms with Crippen LogP contribution in [0, 0.1) is 0 Å². The van der Waals surface area contributed by atoms with Crippen LogP contribution >= 0.6 is 0 Å². The van der Waals surface area contributed by atoms with Crippen molar-refractivity contribution in [2.45, 2.75) is 12.3 Å². The fourth-order valence-corrected chi connectivity index (χ4v) is 10.8. The fraction of sp³-hybridized carbons (Fsp3) is 0.0312. The van der Waals surface area contributed by atoms with E-state index in [1.165, 1.54) is 82.7 Å². The summed E-state index contributed by atoms with van der Waals surface area (Å²) < 4.78 is 0. The Hall–Kier alpha value is -8.26. The largest absolute Gasteiger partial charge is 0.310 e. The Labute approximate surface area is 381 Å². The highest BCUT2D eigenvalue weighted by atomic mass is 15.1. The lowest BCUT2D eigenvalue weighted by atomic mass is 9.73. The Morgan fingerprint density at radius 1 is 0.308 bits per heavy atom. The molecule has 306 valence electrons. The van der Waals surface area contributed by atoms with E-state index in [1.54, 1.807) is 0 Å². The maximum Gasteiger partial charge on any atom is 0.0540 e. The van der Waals surface area contributed by atoms with Crippen LogP contribution < -0.4 is 4.90 Å². The predicted molar refractivity (Wildman–Crippen MR) is 275 cm³/mol. The topological polar surface area (TPSA) is 3.24 Å². The summed E-state index contributed by atoms with van der Waals surface area (Å²) in [4.78, 5) is 2.52. The van der Waals surface area contributed by atoms with Gasteiger partial charge in [-0.15, -0.1) is 0 Å². The Morgan fingerprint density at radius 3 is 1.48 bits per heavy atom. The molecule has 1 unspecified atom stereocenters. The van der Waals surface area contributed by atoms with Gasteiger partial charge in [-0.3, -0.25) is 0 Å². The molecule has 65 heavy (non-hydrogen) atoms. The van der Waals surface area contributed by atoms with Crippen molar-refractivity contribution in [1.29, 1.82) is 0 Å².